The third kappa shape index (κ3) is 6.52. The van der Waals surface area contributed by atoms with Crippen LogP contribution in [0.5, 0.6) is 5.88 Å². The number of carboxylic acids is 2. The Bertz CT molecular complexity index is 1500. The number of carboxylic acid groups (broad SMARTS) is 2. The molecule has 0 spiro atoms. The summed E-state index contributed by atoms with van der Waals surface area (Å²) in [5, 5.41) is 28.8. The molecule has 42 heavy (non-hydrogen) atoms. The van der Waals surface area contributed by atoms with Gasteiger partial charge in [0.1, 0.15) is 23.2 Å². The average Bonchev–Trinajstić information content (AvgIpc) is 3.36. The van der Waals surface area contributed by atoms with Crippen LogP contribution in [0.15, 0.2) is 33.0 Å². The van der Waals surface area contributed by atoms with Crippen LogP contribution in [0.25, 0.3) is 0 Å². The number of nitrogens with one attached hydrogen (secondary N) is 1. The van der Waals surface area contributed by atoms with Crippen LogP contribution >= 0.6 is 34.9 Å². The van der Waals surface area contributed by atoms with E-state index in [4.69, 9.17) is 26.1 Å². The van der Waals surface area contributed by atoms with Crippen LogP contribution < -0.4 is 31.2 Å². The predicted molar refractivity (Wildman–Crippen MR) is 150 cm³/mol. The Balaban J connectivity index is 1.51. The summed E-state index contributed by atoms with van der Waals surface area (Å²) in [5.41, 5.74) is 11.4. The molecule has 19 heteroatoms. The van der Waals surface area contributed by atoms with E-state index < -0.39 is 41.3 Å². The Labute approximate surface area is 251 Å². The first-order chi connectivity index (χ1) is 19.9. The number of hydrogen-bond donors (Lipinski definition) is 4. The SMILES string of the molecule is COc1cc(N)nc(SCC2=C(C(=O)[O-])N3C(=O)C(NC(=O)/C(=N\OC(C)CC(=O)O)c4csc(N)n4)[C@H]3SC2)[n+]1C. The van der Waals surface area contributed by atoms with Gasteiger partial charge in [0.2, 0.25) is 5.82 Å². The number of carbonyl (C=O) groups is 4. The number of rotatable bonds is 12. The lowest BCUT2D eigenvalue weighted by Crippen LogP contribution is -2.71. The van der Waals surface area contributed by atoms with E-state index in [0.29, 0.717) is 16.6 Å². The van der Waals surface area contributed by atoms with E-state index in [1.165, 1.54) is 42.9 Å². The maximum Gasteiger partial charge on any atom is 0.364 e. The van der Waals surface area contributed by atoms with E-state index in [0.717, 1.165) is 16.2 Å². The number of aliphatic carboxylic acids is 2. The van der Waals surface area contributed by atoms with E-state index >= 15 is 0 Å². The summed E-state index contributed by atoms with van der Waals surface area (Å²) in [6, 6.07) is 0.466. The van der Waals surface area contributed by atoms with Gasteiger partial charge in [0.05, 0.1) is 38.3 Å². The number of amides is 2. The maximum atomic E-state index is 13.2. The molecule has 2 aromatic heterocycles. The van der Waals surface area contributed by atoms with Gasteiger partial charge in [0, 0.05) is 16.9 Å². The van der Waals surface area contributed by atoms with Gasteiger partial charge in [-0.1, -0.05) is 5.16 Å². The monoisotopic (exact) mass is 638 g/mol. The standard InChI is InChI=1S/C23H26N8O8S3/c1-9(4-14(32)33)39-29-15(11-8-41-22(25)26-11)18(34)28-16-19(35)31-17(21(36)37)10(6-40-20(16)31)7-42-23-27-12(24)5-13(38-3)30(23)2/h5,8-9,16,20,24H,4,6-7H2,1-3H3,(H5,25,26,28,32,33,34,36,37)/b29-15-/t9?,16?,20-/m1/s1. The largest absolute Gasteiger partial charge is 0.543 e. The van der Waals surface area contributed by atoms with Crippen LogP contribution in [0, 0.1) is 0 Å². The summed E-state index contributed by atoms with van der Waals surface area (Å²) in [6.07, 6.45) is -1.24. The fourth-order valence-electron chi connectivity index (χ4n) is 4.03. The zero-order chi connectivity index (χ0) is 30.7. The molecule has 2 unspecified atom stereocenters. The van der Waals surface area contributed by atoms with Crippen LogP contribution in [0.3, 0.4) is 0 Å². The Morgan fingerprint density at radius 2 is 2.12 bits per heavy atom. The van der Waals surface area contributed by atoms with E-state index in [-0.39, 0.29) is 46.0 Å². The number of methoxy groups -OCH3 is 1. The molecule has 0 radical (unpaired) electrons. The number of β-lactam (4-membered cyclic amide) rings is 1. The molecule has 1 saturated heterocycles. The topological polar surface area (TPSA) is 239 Å². The van der Waals surface area contributed by atoms with Crippen molar-refractivity contribution in [2.45, 2.75) is 36.0 Å². The highest BCUT2D eigenvalue weighted by molar-refractivity contribution is 8.01. The molecule has 224 valence electrons. The lowest BCUT2D eigenvalue weighted by Gasteiger charge is -2.50. The number of thiazole rings is 1. The summed E-state index contributed by atoms with van der Waals surface area (Å²) < 4.78 is 6.93. The summed E-state index contributed by atoms with van der Waals surface area (Å²) in [4.78, 5) is 64.0. The zero-order valence-corrected chi connectivity index (χ0v) is 24.9. The Morgan fingerprint density at radius 3 is 2.74 bits per heavy atom. The van der Waals surface area contributed by atoms with Crippen molar-refractivity contribution >= 4 is 75.3 Å². The molecule has 2 aliphatic rings. The molecule has 3 atom stereocenters. The van der Waals surface area contributed by atoms with Crippen molar-refractivity contribution in [1.29, 1.82) is 0 Å². The maximum absolute atomic E-state index is 13.2. The molecule has 6 N–H and O–H groups in total. The van der Waals surface area contributed by atoms with Crippen LogP contribution in [-0.4, -0.2) is 85.6 Å². The molecule has 4 rings (SSSR count). The molecule has 16 nitrogen and oxygen atoms in total. The Morgan fingerprint density at radius 1 is 1.38 bits per heavy atom. The van der Waals surface area contributed by atoms with Gasteiger partial charge >= 0.3 is 11.1 Å². The highest BCUT2D eigenvalue weighted by Gasteiger charge is 2.53. The smallest absolute Gasteiger partial charge is 0.364 e. The molecule has 4 heterocycles. The van der Waals surface area contributed by atoms with Crippen molar-refractivity contribution < 1.29 is 43.5 Å². The fourth-order valence-corrected chi connectivity index (χ4v) is 7.05. The molecule has 2 amide bonds. The summed E-state index contributed by atoms with van der Waals surface area (Å²) in [7, 11) is 3.20. The Kier molecular flexibility index (Phi) is 9.42. The molecule has 0 aliphatic carbocycles. The van der Waals surface area contributed by atoms with Crippen molar-refractivity contribution in [1.82, 2.24) is 20.2 Å². The first-order valence-electron chi connectivity index (χ1n) is 12.1. The highest BCUT2D eigenvalue weighted by Crippen LogP contribution is 2.41. The highest BCUT2D eigenvalue weighted by atomic mass is 32.2. The number of nitrogen functional groups attached to an aromatic ring is 2. The quantitative estimate of drug-likeness (QED) is 0.0507. The number of nitrogens with zero attached hydrogens (tertiary/aromatic N) is 5. The van der Waals surface area contributed by atoms with Crippen LogP contribution in [0.1, 0.15) is 19.0 Å². The first kappa shape index (κ1) is 30.8. The minimum Gasteiger partial charge on any atom is -0.543 e. The number of oxime groups is 1. The third-order valence-electron chi connectivity index (χ3n) is 5.99. The third-order valence-corrected chi connectivity index (χ3v) is 9.12. The van der Waals surface area contributed by atoms with Crippen molar-refractivity contribution in [3.8, 4) is 5.88 Å². The van der Waals surface area contributed by atoms with Gasteiger partial charge in [-0.05, 0) is 29.2 Å². The molecule has 0 saturated carbocycles. The number of carbonyl (C=O) groups excluding carboxylic acids is 3. The summed E-state index contributed by atoms with van der Waals surface area (Å²) in [6.45, 7) is 1.46. The number of thioether (sulfide) groups is 2. The number of ether oxygens (including phenoxy) is 1. The van der Waals surface area contributed by atoms with Gasteiger partial charge in [-0.15, -0.1) is 23.1 Å². The predicted octanol–water partition coefficient (Wildman–Crippen LogP) is -1.68. The van der Waals surface area contributed by atoms with E-state index in [2.05, 4.69) is 20.4 Å². The van der Waals surface area contributed by atoms with Gasteiger partial charge in [0.25, 0.3) is 17.7 Å². The molecule has 2 aliphatic heterocycles. The van der Waals surface area contributed by atoms with Crippen molar-refractivity contribution in [2.24, 2.45) is 12.2 Å². The van der Waals surface area contributed by atoms with Crippen LogP contribution in [0.2, 0.25) is 0 Å². The molecular weight excluding hydrogens is 613 g/mol. The van der Waals surface area contributed by atoms with E-state index in [1.54, 1.807) is 17.7 Å². The molecule has 2 aromatic rings. The number of fused-ring (bicyclic) bond motifs is 1. The molecule has 1 fully saturated rings. The number of nitrogens with two attached hydrogens (primary N) is 2. The van der Waals surface area contributed by atoms with Gasteiger partial charge in [0.15, 0.2) is 10.8 Å². The second kappa shape index (κ2) is 12.8. The second-order valence-corrected chi connectivity index (χ2v) is 11.9. The lowest BCUT2D eigenvalue weighted by molar-refractivity contribution is -0.717. The van der Waals surface area contributed by atoms with Crippen LogP contribution in [-0.2, 0) is 31.1 Å². The zero-order valence-electron chi connectivity index (χ0n) is 22.4. The lowest BCUT2D eigenvalue weighted by atomic mass is 10.0. The van der Waals surface area contributed by atoms with E-state index in [1.807, 2.05) is 0 Å². The second-order valence-electron chi connectivity index (χ2n) is 8.98. The Hall–Kier alpha value is -4.10. The normalized spacial score (nSPS) is 19.1. The van der Waals surface area contributed by atoms with Crippen molar-refractivity contribution in [2.75, 3.05) is 30.1 Å². The summed E-state index contributed by atoms with van der Waals surface area (Å²) >= 11 is 3.52. The average molecular weight is 639 g/mol. The van der Waals surface area contributed by atoms with E-state index in [9.17, 15) is 24.3 Å². The minimum absolute atomic E-state index is 0.0621. The van der Waals surface area contributed by atoms with Gasteiger partial charge in [-0.25, -0.2) is 4.98 Å². The summed E-state index contributed by atoms with van der Waals surface area (Å²) in [5.74, 6) is -3.06. The number of hydrogen-bond acceptors (Lipinski definition) is 15. The first-order valence-corrected chi connectivity index (χ1v) is 15.0. The number of aromatic nitrogens is 3. The van der Waals surface area contributed by atoms with Gasteiger partial charge in [-0.3, -0.25) is 19.3 Å². The number of anilines is 2. The van der Waals surface area contributed by atoms with Gasteiger partial charge in [-0.2, -0.15) is 4.57 Å². The van der Waals surface area contributed by atoms with Crippen LogP contribution in [0.4, 0.5) is 10.9 Å². The van der Waals surface area contributed by atoms with Crippen molar-refractivity contribution in [3.63, 3.8) is 0 Å². The van der Waals surface area contributed by atoms with Crippen molar-refractivity contribution in [3.05, 3.63) is 28.4 Å². The fraction of sp³-hybridized carbons (Fsp3) is 0.391. The minimum atomic E-state index is -1.53. The molecule has 0 aromatic carbocycles. The van der Waals surface area contributed by atoms with Gasteiger partial charge < -0.3 is 41.4 Å². The molecular formula is C23H26N8O8S3. The molecule has 0 bridgehead atoms.